The average molecular weight is 293 g/mol. The van der Waals surface area contributed by atoms with Crippen molar-refractivity contribution >= 4 is 11.3 Å². The number of methoxy groups -OCH3 is 3. The van der Waals surface area contributed by atoms with Gasteiger partial charge in [0.15, 0.2) is 11.5 Å². The van der Waals surface area contributed by atoms with E-state index in [0.29, 0.717) is 23.2 Å². The Morgan fingerprint density at radius 3 is 2.00 bits per heavy atom. The summed E-state index contributed by atoms with van der Waals surface area (Å²) in [7, 11) is 4.84. The van der Waals surface area contributed by atoms with Crippen molar-refractivity contribution in [3.63, 3.8) is 0 Å². The van der Waals surface area contributed by atoms with Crippen LogP contribution in [0.25, 0.3) is 10.4 Å². The highest BCUT2D eigenvalue weighted by Crippen LogP contribution is 2.42. The number of nitrogens with zero attached hydrogens (tertiary/aromatic N) is 1. The van der Waals surface area contributed by atoms with Gasteiger partial charge in [-0.15, -0.1) is 11.3 Å². The zero-order valence-electron chi connectivity index (χ0n) is 12.4. The first-order valence-electron chi connectivity index (χ1n) is 6.36. The molecule has 0 N–H and O–H groups in total. The Kier molecular flexibility index (Phi) is 4.49. The van der Waals surface area contributed by atoms with E-state index in [1.807, 2.05) is 18.3 Å². The summed E-state index contributed by atoms with van der Waals surface area (Å²) < 4.78 is 16.1. The van der Waals surface area contributed by atoms with Crippen LogP contribution in [-0.4, -0.2) is 26.3 Å². The van der Waals surface area contributed by atoms with Gasteiger partial charge in [0.25, 0.3) is 0 Å². The van der Waals surface area contributed by atoms with Crippen LogP contribution in [0.5, 0.6) is 17.2 Å². The second-order valence-corrected chi connectivity index (χ2v) is 5.69. The van der Waals surface area contributed by atoms with E-state index >= 15 is 0 Å². The zero-order valence-corrected chi connectivity index (χ0v) is 13.2. The molecular formula is C15H19NO3S. The van der Waals surface area contributed by atoms with Gasteiger partial charge in [-0.25, -0.2) is 4.98 Å². The maximum absolute atomic E-state index is 5.37. The molecule has 1 heterocycles. The topological polar surface area (TPSA) is 40.6 Å². The fraction of sp³-hybridized carbons (Fsp3) is 0.400. The Balaban J connectivity index is 2.50. The number of rotatable bonds is 5. The average Bonchev–Trinajstić information content (AvgIpc) is 2.95. The van der Waals surface area contributed by atoms with Gasteiger partial charge in [-0.2, -0.15) is 0 Å². The molecule has 2 rings (SSSR count). The molecule has 1 aromatic carbocycles. The first-order valence-corrected chi connectivity index (χ1v) is 7.18. The third kappa shape index (κ3) is 2.72. The van der Waals surface area contributed by atoms with Crippen molar-refractivity contribution in [2.45, 2.75) is 19.8 Å². The molecule has 5 heteroatoms. The molecule has 0 aliphatic rings. The molecule has 0 unspecified atom stereocenters. The smallest absolute Gasteiger partial charge is 0.203 e. The lowest BCUT2D eigenvalue weighted by atomic mass is 10.1. The molecule has 1 aromatic heterocycles. The normalized spacial score (nSPS) is 10.7. The number of benzene rings is 1. The molecule has 0 aliphatic carbocycles. The largest absolute Gasteiger partial charge is 0.493 e. The molecule has 0 spiro atoms. The monoisotopic (exact) mass is 293 g/mol. The first kappa shape index (κ1) is 14.7. The highest BCUT2D eigenvalue weighted by molar-refractivity contribution is 7.15. The summed E-state index contributed by atoms with van der Waals surface area (Å²) in [5, 5.41) is 1.12. The summed E-state index contributed by atoms with van der Waals surface area (Å²) in [6.45, 7) is 4.27. The summed E-state index contributed by atoms with van der Waals surface area (Å²) in [6, 6.07) is 3.89. The van der Waals surface area contributed by atoms with Crippen LogP contribution in [-0.2, 0) is 0 Å². The number of hydrogen-bond acceptors (Lipinski definition) is 5. The summed E-state index contributed by atoms with van der Waals surface area (Å²) in [5.74, 6) is 2.34. The van der Waals surface area contributed by atoms with Gasteiger partial charge in [-0.05, 0) is 12.1 Å². The number of aromatic nitrogens is 1. The van der Waals surface area contributed by atoms with Gasteiger partial charge < -0.3 is 14.2 Å². The van der Waals surface area contributed by atoms with Crippen LogP contribution in [0.3, 0.4) is 0 Å². The van der Waals surface area contributed by atoms with Crippen LogP contribution in [0.2, 0.25) is 0 Å². The second-order valence-electron chi connectivity index (χ2n) is 4.63. The Bertz CT molecular complexity index is 568. The minimum absolute atomic E-state index is 0.427. The molecule has 4 nitrogen and oxygen atoms in total. The molecule has 0 radical (unpaired) electrons. The summed E-state index contributed by atoms with van der Waals surface area (Å²) in [5.41, 5.74) is 1.02. The van der Waals surface area contributed by atoms with Crippen LogP contribution in [0.4, 0.5) is 0 Å². The fourth-order valence-electron chi connectivity index (χ4n) is 1.91. The highest BCUT2D eigenvalue weighted by Gasteiger charge is 2.16. The van der Waals surface area contributed by atoms with Crippen LogP contribution in [0.15, 0.2) is 18.3 Å². The first-order chi connectivity index (χ1) is 9.60. The predicted octanol–water partition coefficient (Wildman–Crippen LogP) is 3.96. The molecule has 0 amide bonds. The van der Waals surface area contributed by atoms with E-state index in [1.165, 1.54) is 0 Å². The van der Waals surface area contributed by atoms with Crippen molar-refractivity contribution in [1.82, 2.24) is 4.98 Å². The third-order valence-electron chi connectivity index (χ3n) is 2.97. The number of hydrogen-bond donors (Lipinski definition) is 0. The van der Waals surface area contributed by atoms with Gasteiger partial charge in [-0.1, -0.05) is 13.8 Å². The van der Waals surface area contributed by atoms with Crippen molar-refractivity contribution < 1.29 is 14.2 Å². The van der Waals surface area contributed by atoms with E-state index in [-0.39, 0.29) is 0 Å². The van der Waals surface area contributed by atoms with Crippen molar-refractivity contribution in [1.29, 1.82) is 0 Å². The Labute approximate surface area is 123 Å². The fourth-order valence-corrected chi connectivity index (χ4v) is 2.82. The molecule has 0 fully saturated rings. The Morgan fingerprint density at radius 2 is 1.60 bits per heavy atom. The van der Waals surface area contributed by atoms with Crippen LogP contribution < -0.4 is 14.2 Å². The van der Waals surface area contributed by atoms with E-state index in [4.69, 9.17) is 14.2 Å². The van der Waals surface area contributed by atoms with E-state index in [1.54, 1.807) is 32.7 Å². The SMILES string of the molecule is COc1cc(-c2cnc(C(C)C)s2)cc(OC)c1OC. The van der Waals surface area contributed by atoms with Crippen molar-refractivity contribution in [2.75, 3.05) is 21.3 Å². The molecule has 20 heavy (non-hydrogen) atoms. The third-order valence-corrected chi connectivity index (χ3v) is 4.31. The van der Waals surface area contributed by atoms with Gasteiger partial charge in [0, 0.05) is 17.7 Å². The van der Waals surface area contributed by atoms with E-state index in [9.17, 15) is 0 Å². The summed E-state index contributed by atoms with van der Waals surface area (Å²) >= 11 is 1.68. The molecule has 0 bridgehead atoms. The molecule has 0 atom stereocenters. The molecule has 0 saturated carbocycles. The van der Waals surface area contributed by atoms with Crippen molar-refractivity contribution in [3.8, 4) is 27.7 Å². The molecule has 0 aliphatic heterocycles. The highest BCUT2D eigenvalue weighted by atomic mass is 32.1. The van der Waals surface area contributed by atoms with Gasteiger partial charge in [0.2, 0.25) is 5.75 Å². The molecule has 2 aromatic rings. The zero-order chi connectivity index (χ0) is 14.7. The van der Waals surface area contributed by atoms with Crippen LogP contribution in [0.1, 0.15) is 24.8 Å². The molecule has 0 saturated heterocycles. The van der Waals surface area contributed by atoms with Crippen LogP contribution >= 0.6 is 11.3 Å². The predicted molar refractivity (Wildman–Crippen MR) is 81.3 cm³/mol. The maximum atomic E-state index is 5.37. The Morgan fingerprint density at radius 1 is 1.00 bits per heavy atom. The van der Waals surface area contributed by atoms with Gasteiger partial charge in [0.1, 0.15) is 0 Å². The quantitative estimate of drug-likeness (QED) is 0.836. The van der Waals surface area contributed by atoms with Gasteiger partial charge >= 0.3 is 0 Å². The van der Waals surface area contributed by atoms with E-state index in [0.717, 1.165) is 15.4 Å². The second kappa shape index (κ2) is 6.13. The van der Waals surface area contributed by atoms with Gasteiger partial charge in [0.05, 0.1) is 31.2 Å². The van der Waals surface area contributed by atoms with Crippen molar-refractivity contribution in [3.05, 3.63) is 23.3 Å². The molecule has 108 valence electrons. The maximum Gasteiger partial charge on any atom is 0.203 e. The molecular weight excluding hydrogens is 274 g/mol. The number of ether oxygens (including phenoxy) is 3. The Hall–Kier alpha value is -1.75. The summed E-state index contributed by atoms with van der Waals surface area (Å²) in [6.07, 6.45) is 1.89. The summed E-state index contributed by atoms with van der Waals surface area (Å²) in [4.78, 5) is 5.54. The van der Waals surface area contributed by atoms with E-state index in [2.05, 4.69) is 18.8 Å². The minimum atomic E-state index is 0.427. The standard InChI is InChI=1S/C15H19NO3S/c1-9(2)15-16-8-13(20-15)10-6-11(17-3)14(19-5)12(7-10)18-4/h6-9H,1-5H3. The van der Waals surface area contributed by atoms with Crippen LogP contribution in [0, 0.1) is 0 Å². The minimum Gasteiger partial charge on any atom is -0.493 e. The van der Waals surface area contributed by atoms with Gasteiger partial charge in [-0.3, -0.25) is 0 Å². The lowest BCUT2D eigenvalue weighted by molar-refractivity contribution is 0.324. The lowest BCUT2D eigenvalue weighted by Gasteiger charge is -2.13. The van der Waals surface area contributed by atoms with Crippen molar-refractivity contribution in [2.24, 2.45) is 0 Å². The lowest BCUT2D eigenvalue weighted by Crippen LogP contribution is -1.95. The number of thiazole rings is 1. The van der Waals surface area contributed by atoms with E-state index < -0.39 is 0 Å².